The van der Waals surface area contributed by atoms with E-state index in [1.165, 1.54) is 57.9 Å². The Kier molecular flexibility index (Phi) is 3.78. The molecular formula is C22H34ClNO2. The quantitative estimate of drug-likeness (QED) is 0.628. The van der Waals surface area contributed by atoms with E-state index in [0.29, 0.717) is 35.2 Å². The second kappa shape index (κ2) is 5.48. The number of rotatable bonds is 0. The van der Waals surface area contributed by atoms with Crippen LogP contribution in [0.25, 0.3) is 0 Å². The molecule has 4 saturated carbocycles. The summed E-state index contributed by atoms with van der Waals surface area (Å²) in [6.45, 7) is 8.06. The van der Waals surface area contributed by atoms with Crippen LogP contribution in [0.15, 0.2) is 0 Å². The highest BCUT2D eigenvalue weighted by molar-refractivity contribution is 5.90. The van der Waals surface area contributed by atoms with Crippen molar-refractivity contribution in [3.63, 3.8) is 0 Å². The zero-order valence-corrected chi connectivity index (χ0v) is 17.2. The number of carbonyl (C=O) groups is 1. The number of hydrogen-bond acceptors (Lipinski definition) is 3. The van der Waals surface area contributed by atoms with Gasteiger partial charge in [0.15, 0.2) is 0 Å². The van der Waals surface area contributed by atoms with Crippen LogP contribution in [0.1, 0.15) is 65.2 Å². The fourth-order valence-corrected chi connectivity index (χ4v) is 9.43. The van der Waals surface area contributed by atoms with E-state index < -0.39 is 0 Å². The Balaban J connectivity index is 0.00000150. The zero-order valence-electron chi connectivity index (χ0n) is 16.3. The van der Waals surface area contributed by atoms with Crippen molar-refractivity contribution in [2.75, 3.05) is 19.7 Å². The Hall–Kier alpha value is -0.120. The van der Waals surface area contributed by atoms with Crippen LogP contribution >= 0.6 is 12.4 Å². The van der Waals surface area contributed by atoms with E-state index in [4.69, 9.17) is 4.74 Å². The summed E-state index contributed by atoms with van der Waals surface area (Å²) in [6.07, 6.45) is 10.6. The Labute approximate surface area is 164 Å². The molecule has 6 fully saturated rings. The second-order valence-electron chi connectivity index (χ2n) is 10.8. The number of nitrogens with zero attached hydrogens (tertiary/aromatic N) is 1. The van der Waals surface area contributed by atoms with E-state index in [9.17, 15) is 4.79 Å². The van der Waals surface area contributed by atoms with Crippen molar-refractivity contribution in [3.05, 3.63) is 0 Å². The SMILES string of the molecule is CC1C(=O)C23CCC4C5(C)CCCC4(C4OCCN4C5)C2CCC1C3.Cl. The lowest BCUT2D eigenvalue weighted by molar-refractivity contribution is -0.265. The number of hydrogen-bond donors (Lipinski definition) is 0. The second-order valence-corrected chi connectivity index (χ2v) is 10.8. The minimum Gasteiger partial charge on any atom is -0.361 e. The van der Waals surface area contributed by atoms with Crippen LogP contribution in [0.5, 0.6) is 0 Å². The number of halogens is 1. The van der Waals surface area contributed by atoms with Gasteiger partial charge >= 0.3 is 0 Å². The first-order chi connectivity index (χ1) is 12.0. The summed E-state index contributed by atoms with van der Waals surface area (Å²) < 4.78 is 6.48. The average molecular weight is 380 g/mol. The molecule has 2 heterocycles. The molecule has 146 valence electrons. The Bertz CT molecular complexity index is 640. The fraction of sp³-hybridized carbons (Fsp3) is 0.955. The van der Waals surface area contributed by atoms with E-state index in [-0.39, 0.29) is 23.2 Å². The summed E-state index contributed by atoms with van der Waals surface area (Å²) in [5.74, 6) is 3.02. The van der Waals surface area contributed by atoms with Gasteiger partial charge in [0.05, 0.1) is 6.61 Å². The minimum absolute atomic E-state index is 0. The molecule has 8 atom stereocenters. The van der Waals surface area contributed by atoms with Crippen molar-refractivity contribution in [2.45, 2.75) is 71.4 Å². The lowest BCUT2D eigenvalue weighted by Gasteiger charge is -2.70. The number of Topliss-reactive ketones (excluding diaryl/α,β-unsaturated/α-hetero) is 1. The lowest BCUT2D eigenvalue weighted by Crippen LogP contribution is -2.71. The van der Waals surface area contributed by atoms with Crippen LogP contribution in [0.3, 0.4) is 0 Å². The van der Waals surface area contributed by atoms with Crippen LogP contribution < -0.4 is 0 Å². The molecule has 4 heteroatoms. The van der Waals surface area contributed by atoms with Crippen molar-refractivity contribution in [1.82, 2.24) is 4.90 Å². The molecule has 26 heavy (non-hydrogen) atoms. The van der Waals surface area contributed by atoms with E-state index in [2.05, 4.69) is 18.7 Å². The Morgan fingerprint density at radius 1 is 1.12 bits per heavy atom. The maximum atomic E-state index is 13.5. The fourth-order valence-electron chi connectivity index (χ4n) is 9.43. The summed E-state index contributed by atoms with van der Waals surface area (Å²) in [5, 5.41) is 0. The predicted molar refractivity (Wildman–Crippen MR) is 103 cm³/mol. The van der Waals surface area contributed by atoms with E-state index in [0.717, 1.165) is 19.1 Å². The first-order valence-electron chi connectivity index (χ1n) is 10.9. The molecular weight excluding hydrogens is 346 g/mol. The maximum Gasteiger partial charge on any atom is 0.142 e. The van der Waals surface area contributed by atoms with Crippen molar-refractivity contribution in [3.8, 4) is 0 Å². The highest BCUT2D eigenvalue weighted by atomic mass is 35.5. The van der Waals surface area contributed by atoms with Crippen molar-refractivity contribution in [2.24, 2.45) is 39.9 Å². The third kappa shape index (κ3) is 1.82. The molecule has 2 saturated heterocycles. The van der Waals surface area contributed by atoms with Gasteiger partial charge in [-0.25, -0.2) is 0 Å². The first-order valence-corrected chi connectivity index (χ1v) is 10.9. The van der Waals surface area contributed by atoms with Gasteiger partial charge in [-0.3, -0.25) is 9.69 Å². The monoisotopic (exact) mass is 379 g/mol. The summed E-state index contributed by atoms with van der Waals surface area (Å²) >= 11 is 0. The molecule has 6 aliphatic rings. The van der Waals surface area contributed by atoms with Crippen LogP contribution in [0.2, 0.25) is 0 Å². The number of piperidine rings is 1. The third-order valence-corrected chi connectivity index (χ3v) is 10.1. The summed E-state index contributed by atoms with van der Waals surface area (Å²) in [6, 6.07) is 0. The van der Waals surface area contributed by atoms with Gasteiger partial charge in [-0.1, -0.05) is 20.3 Å². The van der Waals surface area contributed by atoms with E-state index >= 15 is 0 Å². The molecule has 8 unspecified atom stereocenters. The molecule has 0 aromatic heterocycles. The Morgan fingerprint density at radius 2 is 1.96 bits per heavy atom. The molecule has 6 rings (SSSR count). The van der Waals surface area contributed by atoms with Gasteiger partial charge in [-0.05, 0) is 68.1 Å². The predicted octanol–water partition coefficient (Wildman–Crippen LogP) is 4.29. The summed E-state index contributed by atoms with van der Waals surface area (Å²) in [5.41, 5.74) is 0.741. The molecule has 0 radical (unpaired) electrons. The van der Waals surface area contributed by atoms with Crippen LogP contribution in [0.4, 0.5) is 0 Å². The first kappa shape index (κ1) is 17.9. The molecule has 0 aromatic carbocycles. The van der Waals surface area contributed by atoms with Gasteiger partial charge in [0.2, 0.25) is 0 Å². The van der Waals surface area contributed by atoms with Gasteiger partial charge in [-0.15, -0.1) is 12.4 Å². The summed E-state index contributed by atoms with van der Waals surface area (Å²) in [7, 11) is 0. The molecule has 4 aliphatic carbocycles. The number of carbonyl (C=O) groups excluding carboxylic acids is 1. The normalized spacial score (nSPS) is 57.8. The van der Waals surface area contributed by atoms with Gasteiger partial charge in [0.1, 0.15) is 12.0 Å². The maximum absolute atomic E-state index is 13.5. The van der Waals surface area contributed by atoms with Crippen molar-refractivity contribution < 1.29 is 9.53 Å². The Morgan fingerprint density at radius 3 is 2.81 bits per heavy atom. The number of ketones is 1. The number of fused-ring (bicyclic) bond motifs is 2. The third-order valence-electron chi connectivity index (χ3n) is 10.1. The lowest BCUT2D eigenvalue weighted by atomic mass is 9.38. The molecule has 2 aliphatic heterocycles. The van der Waals surface area contributed by atoms with E-state index in [1.54, 1.807) is 0 Å². The van der Waals surface area contributed by atoms with Gasteiger partial charge in [0, 0.05) is 29.8 Å². The van der Waals surface area contributed by atoms with Gasteiger partial charge < -0.3 is 4.74 Å². The van der Waals surface area contributed by atoms with Gasteiger partial charge in [-0.2, -0.15) is 0 Å². The molecule has 0 amide bonds. The smallest absolute Gasteiger partial charge is 0.142 e. The van der Waals surface area contributed by atoms with Crippen LogP contribution in [0, 0.1) is 39.9 Å². The molecule has 1 spiro atoms. The van der Waals surface area contributed by atoms with Gasteiger partial charge in [0.25, 0.3) is 0 Å². The topological polar surface area (TPSA) is 29.5 Å². The standard InChI is InChI=1S/C22H33NO2.ClH/c1-14-15-4-5-17-21(12-15,18(14)24)9-6-16-20(2)7-3-8-22(16,17)19-23(13-20)10-11-25-19;/h14-17,19H,3-13H2,1-2H3;1H. The largest absolute Gasteiger partial charge is 0.361 e. The minimum atomic E-state index is 0. The highest BCUT2D eigenvalue weighted by Gasteiger charge is 2.73. The molecule has 0 aromatic rings. The average Bonchev–Trinajstić information content (AvgIpc) is 3.12. The molecule has 0 N–H and O–H groups in total. The number of ether oxygens (including phenoxy) is 1. The zero-order chi connectivity index (χ0) is 17.0. The van der Waals surface area contributed by atoms with Crippen LogP contribution in [-0.4, -0.2) is 36.6 Å². The van der Waals surface area contributed by atoms with Crippen LogP contribution in [-0.2, 0) is 9.53 Å². The van der Waals surface area contributed by atoms with Crippen molar-refractivity contribution in [1.29, 1.82) is 0 Å². The molecule has 4 bridgehead atoms. The molecule has 3 nitrogen and oxygen atoms in total. The van der Waals surface area contributed by atoms with Crippen molar-refractivity contribution >= 4 is 18.2 Å². The summed E-state index contributed by atoms with van der Waals surface area (Å²) in [4.78, 5) is 16.2. The van der Waals surface area contributed by atoms with E-state index in [1.807, 2.05) is 0 Å². The highest BCUT2D eigenvalue weighted by Crippen LogP contribution is 2.74.